The van der Waals surface area contributed by atoms with Gasteiger partial charge in [0.15, 0.2) is 11.6 Å². The van der Waals surface area contributed by atoms with Crippen molar-refractivity contribution in [3.05, 3.63) is 101 Å². The lowest BCUT2D eigenvalue weighted by atomic mass is 10.1. The number of nitrogens with one attached hydrogen (secondary N) is 1. The first-order chi connectivity index (χ1) is 17.6. The Labute approximate surface area is 209 Å². The Morgan fingerprint density at radius 3 is 2.51 bits per heavy atom. The Morgan fingerprint density at radius 2 is 1.81 bits per heavy atom. The highest BCUT2D eigenvalue weighted by Crippen LogP contribution is 2.29. The molecule has 11 heteroatoms. The summed E-state index contributed by atoms with van der Waals surface area (Å²) in [5, 5.41) is 6.90. The molecule has 2 heterocycles. The van der Waals surface area contributed by atoms with E-state index in [2.05, 4.69) is 15.2 Å². The highest BCUT2D eigenvalue weighted by molar-refractivity contribution is 6.01. The van der Waals surface area contributed by atoms with Gasteiger partial charge in [0.1, 0.15) is 18.1 Å². The number of furan rings is 1. The molecule has 0 unspecified atom stereocenters. The van der Waals surface area contributed by atoms with Crippen molar-refractivity contribution in [3.8, 4) is 5.75 Å². The Balaban J connectivity index is 1.35. The summed E-state index contributed by atoms with van der Waals surface area (Å²) in [6, 6.07) is 16.0. The van der Waals surface area contributed by atoms with Gasteiger partial charge in [0.25, 0.3) is 5.91 Å². The minimum absolute atomic E-state index is 0.0321. The number of amides is 1. The smallest absolute Gasteiger partial charge is 0.416 e. The molecule has 4 aromatic rings. The maximum atomic E-state index is 13.0. The molecule has 8 nitrogen and oxygen atoms in total. The van der Waals surface area contributed by atoms with Crippen LogP contribution in [0.3, 0.4) is 0 Å². The van der Waals surface area contributed by atoms with Crippen LogP contribution in [0, 0.1) is 6.92 Å². The minimum atomic E-state index is -4.43. The number of methoxy groups -OCH3 is 1. The Morgan fingerprint density at radius 1 is 1.05 bits per heavy atom. The summed E-state index contributed by atoms with van der Waals surface area (Å²) < 4.78 is 56.3. The van der Waals surface area contributed by atoms with Crippen molar-refractivity contribution >= 4 is 17.7 Å². The van der Waals surface area contributed by atoms with Crippen LogP contribution in [0.25, 0.3) is 0 Å². The van der Waals surface area contributed by atoms with E-state index in [-0.39, 0.29) is 24.7 Å². The molecule has 1 N–H and O–H groups in total. The van der Waals surface area contributed by atoms with Gasteiger partial charge in [0.2, 0.25) is 0 Å². The molecular formula is C26H22F3N3O5. The van der Waals surface area contributed by atoms with Crippen molar-refractivity contribution in [2.45, 2.75) is 26.3 Å². The molecule has 4 rings (SSSR count). The summed E-state index contributed by atoms with van der Waals surface area (Å²) in [7, 11) is 1.30. The van der Waals surface area contributed by atoms with Gasteiger partial charge in [-0.25, -0.2) is 4.79 Å². The first-order valence-electron chi connectivity index (χ1n) is 11.0. The normalized spacial score (nSPS) is 11.3. The van der Waals surface area contributed by atoms with Crippen LogP contribution in [-0.4, -0.2) is 28.8 Å². The maximum Gasteiger partial charge on any atom is 0.416 e. The number of carbonyl (C=O) groups is 2. The van der Waals surface area contributed by atoms with Crippen LogP contribution in [0.1, 0.15) is 43.5 Å². The number of aromatic nitrogens is 2. The van der Waals surface area contributed by atoms with Crippen molar-refractivity contribution in [3.63, 3.8) is 0 Å². The standard InChI is InChI=1S/C26H22F3N3O5/c1-16-12-23(31-32(16)14-17-4-3-5-19(13-17)26(27,28)29)30-24(33)22-11-10-21(37-22)15-36-20-8-6-18(7-9-20)25(34)35-2/h3-13H,14-15H2,1-2H3,(H,30,31,33). The Hall–Kier alpha value is -4.54. The van der Waals surface area contributed by atoms with E-state index < -0.39 is 23.6 Å². The second-order valence-electron chi connectivity index (χ2n) is 8.05. The van der Waals surface area contributed by atoms with E-state index in [1.807, 2.05) is 0 Å². The van der Waals surface area contributed by atoms with Crippen molar-refractivity contribution in [2.24, 2.45) is 0 Å². The molecule has 37 heavy (non-hydrogen) atoms. The van der Waals surface area contributed by atoms with E-state index in [0.717, 1.165) is 12.1 Å². The molecule has 2 aromatic heterocycles. The third kappa shape index (κ3) is 6.37. The fourth-order valence-corrected chi connectivity index (χ4v) is 3.47. The number of alkyl halides is 3. The van der Waals surface area contributed by atoms with E-state index in [0.29, 0.717) is 28.3 Å². The average molecular weight is 513 g/mol. The van der Waals surface area contributed by atoms with Crippen LogP contribution in [0.2, 0.25) is 0 Å². The summed E-state index contributed by atoms with van der Waals surface area (Å²) in [6.07, 6.45) is -4.43. The first-order valence-corrected chi connectivity index (χ1v) is 11.0. The zero-order valence-corrected chi connectivity index (χ0v) is 19.8. The SMILES string of the molecule is COC(=O)c1ccc(OCc2ccc(C(=O)Nc3cc(C)n(Cc4cccc(C(F)(F)F)c4)n3)o2)cc1. The number of hydrogen-bond donors (Lipinski definition) is 1. The van der Waals surface area contributed by atoms with Crippen LogP contribution in [0.15, 0.2) is 71.1 Å². The monoisotopic (exact) mass is 513 g/mol. The number of hydrogen-bond acceptors (Lipinski definition) is 6. The minimum Gasteiger partial charge on any atom is -0.486 e. The van der Waals surface area contributed by atoms with Crippen LogP contribution in [-0.2, 0) is 24.1 Å². The molecule has 2 aromatic carbocycles. The zero-order valence-electron chi connectivity index (χ0n) is 19.8. The third-order valence-electron chi connectivity index (χ3n) is 5.35. The summed E-state index contributed by atoms with van der Waals surface area (Å²) in [4.78, 5) is 24.1. The van der Waals surface area contributed by atoms with Gasteiger partial charge in [0.05, 0.1) is 24.8 Å². The Bertz CT molecular complexity index is 1410. The number of ether oxygens (including phenoxy) is 2. The lowest BCUT2D eigenvalue weighted by molar-refractivity contribution is -0.137. The number of anilines is 1. The largest absolute Gasteiger partial charge is 0.486 e. The molecule has 0 radical (unpaired) electrons. The van der Waals surface area contributed by atoms with Crippen LogP contribution in [0.4, 0.5) is 19.0 Å². The van der Waals surface area contributed by atoms with E-state index in [1.54, 1.807) is 49.4 Å². The van der Waals surface area contributed by atoms with Gasteiger partial charge < -0.3 is 19.2 Å². The fraction of sp³-hybridized carbons (Fsp3) is 0.192. The number of halogens is 3. The molecular weight excluding hydrogens is 491 g/mol. The summed E-state index contributed by atoms with van der Waals surface area (Å²) >= 11 is 0. The maximum absolute atomic E-state index is 13.0. The van der Waals surface area contributed by atoms with Crippen molar-refractivity contribution in [1.82, 2.24) is 9.78 Å². The van der Waals surface area contributed by atoms with Gasteiger partial charge in [-0.15, -0.1) is 0 Å². The molecule has 0 saturated heterocycles. The average Bonchev–Trinajstić information content (AvgIpc) is 3.48. The number of benzene rings is 2. The first kappa shape index (κ1) is 25.5. The molecule has 192 valence electrons. The van der Waals surface area contributed by atoms with E-state index in [4.69, 9.17) is 9.15 Å². The van der Waals surface area contributed by atoms with Crippen molar-refractivity contribution in [1.29, 1.82) is 0 Å². The molecule has 0 aliphatic carbocycles. The fourth-order valence-electron chi connectivity index (χ4n) is 3.47. The van der Waals surface area contributed by atoms with Crippen molar-refractivity contribution in [2.75, 3.05) is 12.4 Å². The predicted molar refractivity (Wildman–Crippen MR) is 126 cm³/mol. The highest BCUT2D eigenvalue weighted by atomic mass is 19.4. The number of nitrogens with zero attached hydrogens (tertiary/aromatic N) is 2. The predicted octanol–water partition coefficient (Wildman–Crippen LogP) is 5.47. The zero-order chi connectivity index (χ0) is 26.6. The van der Waals surface area contributed by atoms with Gasteiger partial charge in [0, 0.05) is 11.8 Å². The van der Waals surface area contributed by atoms with Gasteiger partial charge >= 0.3 is 12.1 Å². The van der Waals surface area contributed by atoms with Crippen LogP contribution < -0.4 is 10.1 Å². The van der Waals surface area contributed by atoms with Gasteiger partial charge in [-0.2, -0.15) is 18.3 Å². The molecule has 0 bridgehead atoms. The molecule has 0 aliphatic heterocycles. The van der Waals surface area contributed by atoms with Gasteiger partial charge in [-0.1, -0.05) is 12.1 Å². The topological polar surface area (TPSA) is 95.6 Å². The van der Waals surface area contributed by atoms with Crippen molar-refractivity contribution < 1.29 is 36.7 Å². The quantitative estimate of drug-likeness (QED) is 0.314. The summed E-state index contributed by atoms with van der Waals surface area (Å²) in [5.74, 6) is 0.158. The van der Waals surface area contributed by atoms with Crippen LogP contribution in [0.5, 0.6) is 5.75 Å². The van der Waals surface area contributed by atoms with Gasteiger partial charge in [-0.05, 0) is 61.0 Å². The second-order valence-corrected chi connectivity index (χ2v) is 8.05. The number of rotatable bonds is 8. The van der Waals surface area contributed by atoms with Gasteiger partial charge in [-0.3, -0.25) is 9.48 Å². The number of aryl methyl sites for hydroxylation is 1. The Kier molecular flexibility index (Phi) is 7.32. The van der Waals surface area contributed by atoms with E-state index in [9.17, 15) is 22.8 Å². The lowest BCUT2D eigenvalue weighted by Gasteiger charge is -2.09. The van der Waals surface area contributed by atoms with E-state index in [1.165, 1.54) is 23.9 Å². The highest BCUT2D eigenvalue weighted by Gasteiger charge is 2.30. The second kappa shape index (κ2) is 10.6. The lowest BCUT2D eigenvalue weighted by Crippen LogP contribution is -2.12. The van der Waals surface area contributed by atoms with E-state index >= 15 is 0 Å². The number of carbonyl (C=O) groups excluding carboxylic acids is 2. The molecule has 0 fully saturated rings. The summed E-state index contributed by atoms with van der Waals surface area (Å²) in [6.45, 7) is 1.89. The third-order valence-corrected chi connectivity index (χ3v) is 5.35. The van der Waals surface area contributed by atoms with Crippen LogP contribution >= 0.6 is 0 Å². The molecule has 0 aliphatic rings. The molecule has 1 amide bonds. The molecule has 0 saturated carbocycles. The molecule has 0 atom stereocenters. The number of esters is 1. The molecule has 0 spiro atoms. The summed E-state index contributed by atoms with van der Waals surface area (Å²) in [5.41, 5.74) is 0.729.